The standard InChI is InChI=1S/C36H36ClF3N2O2/c37-34-30(15-8-17-33(34)36(38,39)40)24-42(25-32(27-11-3-1-4-12-27)28-13-5-2-6-14-28)20-9-21-44-31-16-7-10-26(22-31)23-41-35(43)29-18-19-29/h1-8,10-17,22,29,32H,9,18-21,23-25H2,(H,41,43). The highest BCUT2D eigenvalue weighted by molar-refractivity contribution is 6.32. The van der Waals surface area contributed by atoms with Gasteiger partial charge in [0.15, 0.2) is 0 Å². The summed E-state index contributed by atoms with van der Waals surface area (Å²) in [5.41, 5.74) is 2.83. The summed E-state index contributed by atoms with van der Waals surface area (Å²) in [4.78, 5) is 14.2. The van der Waals surface area contributed by atoms with Crippen molar-refractivity contribution in [2.75, 3.05) is 19.7 Å². The van der Waals surface area contributed by atoms with Crippen LogP contribution in [0.2, 0.25) is 5.02 Å². The second-order valence-electron chi connectivity index (χ2n) is 11.2. The van der Waals surface area contributed by atoms with Crippen LogP contribution in [0.1, 0.15) is 53.0 Å². The van der Waals surface area contributed by atoms with E-state index in [1.54, 1.807) is 6.07 Å². The summed E-state index contributed by atoms with van der Waals surface area (Å²) in [7, 11) is 0. The van der Waals surface area contributed by atoms with Crippen LogP contribution < -0.4 is 10.1 Å². The molecule has 4 nitrogen and oxygen atoms in total. The van der Waals surface area contributed by atoms with E-state index in [9.17, 15) is 18.0 Å². The lowest BCUT2D eigenvalue weighted by Crippen LogP contribution is -2.31. The second-order valence-corrected chi connectivity index (χ2v) is 11.6. The molecule has 1 aliphatic carbocycles. The van der Waals surface area contributed by atoms with Gasteiger partial charge >= 0.3 is 6.18 Å². The predicted molar refractivity (Wildman–Crippen MR) is 168 cm³/mol. The monoisotopic (exact) mass is 620 g/mol. The molecule has 0 bridgehead atoms. The third-order valence-electron chi connectivity index (χ3n) is 7.82. The van der Waals surface area contributed by atoms with Gasteiger partial charge in [0.25, 0.3) is 0 Å². The Morgan fingerprint density at radius 2 is 1.57 bits per heavy atom. The molecule has 0 aliphatic heterocycles. The number of amides is 1. The van der Waals surface area contributed by atoms with Crippen LogP contribution in [0, 0.1) is 5.92 Å². The Hall–Kier alpha value is -3.81. The molecule has 4 aromatic carbocycles. The van der Waals surface area contributed by atoms with Crippen molar-refractivity contribution in [3.05, 3.63) is 136 Å². The summed E-state index contributed by atoms with van der Waals surface area (Å²) in [6.45, 7) is 2.30. The molecule has 8 heteroatoms. The zero-order chi connectivity index (χ0) is 30.9. The number of nitrogens with zero attached hydrogens (tertiary/aromatic N) is 1. The Kier molecular flexibility index (Phi) is 10.6. The highest BCUT2D eigenvalue weighted by Gasteiger charge is 2.34. The molecule has 1 amide bonds. The van der Waals surface area contributed by atoms with Gasteiger partial charge in [0.1, 0.15) is 5.75 Å². The van der Waals surface area contributed by atoms with Crippen LogP contribution in [0.25, 0.3) is 0 Å². The van der Waals surface area contributed by atoms with Gasteiger partial charge in [-0.2, -0.15) is 13.2 Å². The van der Waals surface area contributed by atoms with Gasteiger partial charge < -0.3 is 10.1 Å². The van der Waals surface area contributed by atoms with Gasteiger partial charge in [-0.05, 0) is 59.7 Å². The van der Waals surface area contributed by atoms with Gasteiger partial charge in [0.05, 0.1) is 17.2 Å². The fraction of sp³-hybridized carbons (Fsp3) is 0.306. The van der Waals surface area contributed by atoms with Crippen LogP contribution in [0.15, 0.2) is 103 Å². The predicted octanol–water partition coefficient (Wildman–Crippen LogP) is 8.49. The SMILES string of the molecule is O=C(NCc1cccc(OCCCN(Cc2cccc(C(F)(F)F)c2Cl)CC(c2ccccc2)c2ccccc2)c1)C1CC1. The van der Waals surface area contributed by atoms with Crippen LogP contribution in [-0.4, -0.2) is 30.5 Å². The van der Waals surface area contributed by atoms with Crippen molar-refractivity contribution in [1.29, 1.82) is 0 Å². The van der Waals surface area contributed by atoms with E-state index in [1.807, 2.05) is 60.7 Å². The maximum absolute atomic E-state index is 13.6. The fourth-order valence-electron chi connectivity index (χ4n) is 5.33. The number of rotatable bonds is 14. The summed E-state index contributed by atoms with van der Waals surface area (Å²) in [6.07, 6.45) is -1.96. The number of carbonyl (C=O) groups excluding carboxylic acids is 1. The van der Waals surface area contributed by atoms with Gasteiger partial charge in [0.2, 0.25) is 5.91 Å². The van der Waals surface area contributed by atoms with E-state index < -0.39 is 11.7 Å². The molecule has 5 rings (SSSR count). The Morgan fingerprint density at radius 3 is 2.20 bits per heavy atom. The van der Waals surface area contributed by atoms with Gasteiger partial charge in [-0.25, -0.2) is 0 Å². The molecule has 0 spiro atoms. The Bertz CT molecular complexity index is 1470. The minimum absolute atomic E-state index is 0.00502. The summed E-state index contributed by atoms with van der Waals surface area (Å²) in [5, 5.41) is 2.71. The van der Waals surface area contributed by atoms with Crippen molar-refractivity contribution in [1.82, 2.24) is 10.2 Å². The molecule has 0 heterocycles. The summed E-state index contributed by atoms with van der Waals surface area (Å²) in [6, 6.07) is 32.0. The first-order chi connectivity index (χ1) is 21.3. The minimum Gasteiger partial charge on any atom is -0.494 e. The maximum Gasteiger partial charge on any atom is 0.417 e. The number of halogens is 4. The van der Waals surface area contributed by atoms with Crippen LogP contribution in [0.5, 0.6) is 5.75 Å². The lowest BCUT2D eigenvalue weighted by Gasteiger charge is -2.29. The molecule has 1 aliphatic rings. The van der Waals surface area contributed by atoms with E-state index >= 15 is 0 Å². The van der Waals surface area contributed by atoms with Gasteiger partial charge in [-0.1, -0.05) is 96.5 Å². The van der Waals surface area contributed by atoms with Gasteiger partial charge in [-0.3, -0.25) is 9.69 Å². The second kappa shape index (κ2) is 14.8. The van der Waals surface area contributed by atoms with Crippen molar-refractivity contribution >= 4 is 17.5 Å². The average molecular weight is 621 g/mol. The fourth-order valence-corrected chi connectivity index (χ4v) is 5.62. The van der Waals surface area contributed by atoms with Crippen LogP contribution in [0.3, 0.4) is 0 Å². The Balaban J connectivity index is 1.29. The zero-order valence-electron chi connectivity index (χ0n) is 24.4. The number of carbonyl (C=O) groups is 1. The number of hydrogen-bond donors (Lipinski definition) is 1. The van der Waals surface area contributed by atoms with Gasteiger partial charge in [0, 0.05) is 38.0 Å². The van der Waals surface area contributed by atoms with E-state index in [0.717, 1.165) is 35.6 Å². The van der Waals surface area contributed by atoms with Crippen molar-refractivity contribution in [3.63, 3.8) is 0 Å². The first-order valence-corrected chi connectivity index (χ1v) is 15.3. The number of benzene rings is 4. The van der Waals surface area contributed by atoms with Crippen molar-refractivity contribution in [2.24, 2.45) is 5.92 Å². The Morgan fingerprint density at radius 1 is 0.909 bits per heavy atom. The van der Waals surface area contributed by atoms with Crippen molar-refractivity contribution in [2.45, 2.75) is 44.4 Å². The highest BCUT2D eigenvalue weighted by Crippen LogP contribution is 2.37. The zero-order valence-corrected chi connectivity index (χ0v) is 25.2. The quantitative estimate of drug-likeness (QED) is 0.144. The molecule has 0 aromatic heterocycles. The normalized spacial score (nSPS) is 13.3. The molecular formula is C36H36ClF3N2O2. The van der Waals surface area contributed by atoms with E-state index in [0.29, 0.717) is 44.0 Å². The lowest BCUT2D eigenvalue weighted by atomic mass is 9.90. The summed E-state index contributed by atoms with van der Waals surface area (Å²) >= 11 is 6.33. The molecule has 44 heavy (non-hydrogen) atoms. The highest BCUT2D eigenvalue weighted by atomic mass is 35.5. The number of ether oxygens (including phenoxy) is 1. The summed E-state index contributed by atoms with van der Waals surface area (Å²) in [5.74, 6) is 0.973. The van der Waals surface area contributed by atoms with E-state index in [-0.39, 0.29) is 29.3 Å². The van der Waals surface area contributed by atoms with Gasteiger partial charge in [-0.15, -0.1) is 0 Å². The first-order valence-electron chi connectivity index (χ1n) is 14.9. The molecule has 1 N–H and O–H groups in total. The lowest BCUT2D eigenvalue weighted by molar-refractivity contribution is -0.137. The molecule has 230 valence electrons. The first kappa shape index (κ1) is 31.6. The van der Waals surface area contributed by atoms with E-state index in [1.165, 1.54) is 6.07 Å². The van der Waals surface area contributed by atoms with Crippen LogP contribution in [0.4, 0.5) is 13.2 Å². The van der Waals surface area contributed by atoms with E-state index in [2.05, 4.69) is 34.5 Å². The topological polar surface area (TPSA) is 41.6 Å². The molecule has 4 aromatic rings. The van der Waals surface area contributed by atoms with Crippen molar-refractivity contribution < 1.29 is 22.7 Å². The third-order valence-corrected chi connectivity index (χ3v) is 8.27. The molecule has 1 saturated carbocycles. The van der Waals surface area contributed by atoms with Crippen LogP contribution in [-0.2, 0) is 24.1 Å². The average Bonchev–Trinajstić information content (AvgIpc) is 3.88. The number of nitrogens with one attached hydrogen (secondary N) is 1. The molecule has 0 radical (unpaired) electrons. The number of alkyl halides is 3. The smallest absolute Gasteiger partial charge is 0.417 e. The minimum atomic E-state index is -4.53. The summed E-state index contributed by atoms with van der Waals surface area (Å²) < 4.78 is 47.0. The number of hydrogen-bond acceptors (Lipinski definition) is 3. The molecule has 0 unspecified atom stereocenters. The van der Waals surface area contributed by atoms with E-state index in [4.69, 9.17) is 16.3 Å². The maximum atomic E-state index is 13.6. The third kappa shape index (κ3) is 8.87. The molecular weight excluding hydrogens is 585 g/mol. The van der Waals surface area contributed by atoms with Crippen molar-refractivity contribution in [3.8, 4) is 5.75 Å². The molecule has 1 fully saturated rings. The largest absolute Gasteiger partial charge is 0.494 e. The molecule has 0 atom stereocenters. The van der Waals surface area contributed by atoms with Crippen LogP contribution >= 0.6 is 11.6 Å². The molecule has 0 saturated heterocycles. The Labute approximate surface area is 261 Å².